The summed E-state index contributed by atoms with van der Waals surface area (Å²) in [7, 11) is 1.22. The average molecular weight is 357 g/mol. The van der Waals surface area contributed by atoms with Gasteiger partial charge in [0.1, 0.15) is 5.82 Å². The number of rotatable bonds is 5. The van der Waals surface area contributed by atoms with Crippen LogP contribution in [-0.2, 0) is 4.74 Å². The summed E-state index contributed by atoms with van der Waals surface area (Å²) >= 11 is 0. The van der Waals surface area contributed by atoms with Crippen molar-refractivity contribution in [3.05, 3.63) is 52.3 Å². The molecule has 0 aromatic carbocycles. The largest absolute Gasteiger partial charge is 0.465 e. The van der Waals surface area contributed by atoms with E-state index in [1.54, 1.807) is 6.20 Å². The van der Waals surface area contributed by atoms with Crippen molar-refractivity contribution >= 4 is 23.3 Å². The Bertz CT molecular complexity index is 791. The Morgan fingerprint density at radius 3 is 2.73 bits per heavy atom. The molecule has 1 aliphatic heterocycles. The summed E-state index contributed by atoms with van der Waals surface area (Å²) in [5.41, 5.74) is -0.185. The second kappa shape index (κ2) is 7.77. The molecular weight excluding hydrogens is 338 g/mol. The molecule has 0 amide bonds. The van der Waals surface area contributed by atoms with E-state index in [0.717, 1.165) is 31.7 Å². The molecule has 0 unspecified atom stereocenters. The molecule has 0 aliphatic carbocycles. The molecule has 2 aromatic rings. The van der Waals surface area contributed by atoms with Gasteiger partial charge in [0.25, 0.3) is 0 Å². The van der Waals surface area contributed by atoms with Crippen molar-refractivity contribution in [1.82, 2.24) is 9.97 Å². The third-order valence-corrected chi connectivity index (χ3v) is 4.29. The van der Waals surface area contributed by atoms with Crippen molar-refractivity contribution in [2.75, 3.05) is 30.4 Å². The second-order valence-corrected chi connectivity index (χ2v) is 5.93. The molecule has 0 bridgehead atoms. The Balaban J connectivity index is 1.68. The number of carbonyl (C=O) groups is 1. The zero-order valence-corrected chi connectivity index (χ0v) is 14.3. The van der Waals surface area contributed by atoms with Crippen LogP contribution >= 0.6 is 0 Å². The summed E-state index contributed by atoms with van der Waals surface area (Å²) in [6.07, 6.45) is 4.64. The van der Waals surface area contributed by atoms with Gasteiger partial charge >= 0.3 is 11.7 Å². The fraction of sp³-hybridized carbons (Fsp3) is 0.353. The maximum Gasteiger partial charge on any atom is 0.339 e. The van der Waals surface area contributed by atoms with Crippen molar-refractivity contribution < 1.29 is 14.5 Å². The van der Waals surface area contributed by atoms with Gasteiger partial charge in [-0.25, -0.2) is 14.8 Å². The molecule has 26 heavy (non-hydrogen) atoms. The van der Waals surface area contributed by atoms with Crippen LogP contribution in [0.5, 0.6) is 0 Å². The number of piperidine rings is 1. The number of nitrogens with zero attached hydrogens (tertiary/aromatic N) is 4. The summed E-state index contributed by atoms with van der Waals surface area (Å²) < 4.78 is 4.58. The van der Waals surface area contributed by atoms with Gasteiger partial charge in [-0.05, 0) is 25.0 Å². The molecular formula is C17H19N5O4. The molecule has 0 spiro atoms. The quantitative estimate of drug-likeness (QED) is 0.493. The van der Waals surface area contributed by atoms with E-state index in [-0.39, 0.29) is 23.1 Å². The number of nitro groups is 1. The summed E-state index contributed by atoms with van der Waals surface area (Å²) in [5.74, 6) is 0.437. The number of carbonyl (C=O) groups excluding carboxylic acids is 1. The Morgan fingerprint density at radius 1 is 1.35 bits per heavy atom. The number of nitrogens with one attached hydrogen (secondary N) is 1. The van der Waals surface area contributed by atoms with Crippen molar-refractivity contribution in [2.45, 2.75) is 18.9 Å². The molecule has 1 saturated heterocycles. The van der Waals surface area contributed by atoms with Crippen LogP contribution in [0.2, 0.25) is 0 Å². The van der Waals surface area contributed by atoms with Crippen LogP contribution in [-0.4, -0.2) is 47.1 Å². The highest BCUT2D eigenvalue weighted by Crippen LogP contribution is 2.26. The fourth-order valence-corrected chi connectivity index (χ4v) is 2.92. The molecule has 0 saturated carbocycles. The molecule has 9 nitrogen and oxygen atoms in total. The summed E-state index contributed by atoms with van der Waals surface area (Å²) in [4.78, 5) is 32.9. The Hall–Kier alpha value is -3.23. The van der Waals surface area contributed by atoms with E-state index < -0.39 is 10.9 Å². The van der Waals surface area contributed by atoms with E-state index in [1.165, 1.54) is 19.4 Å². The molecule has 1 N–H and O–H groups in total. The van der Waals surface area contributed by atoms with E-state index in [0.29, 0.717) is 0 Å². The number of methoxy groups -OCH3 is 1. The molecule has 0 atom stereocenters. The van der Waals surface area contributed by atoms with E-state index in [1.807, 2.05) is 18.2 Å². The zero-order chi connectivity index (χ0) is 18.5. The minimum Gasteiger partial charge on any atom is -0.465 e. The fourth-order valence-electron chi connectivity index (χ4n) is 2.92. The van der Waals surface area contributed by atoms with Gasteiger partial charge in [-0.15, -0.1) is 0 Å². The van der Waals surface area contributed by atoms with Crippen LogP contribution in [0.4, 0.5) is 17.3 Å². The minimum atomic E-state index is -0.657. The van der Waals surface area contributed by atoms with Gasteiger partial charge in [-0.3, -0.25) is 10.1 Å². The molecule has 1 fully saturated rings. The SMILES string of the molecule is COC(=O)c1cnc(NC2CCN(c3ccccn3)CC2)c([N+](=O)[O-])c1. The lowest BCUT2D eigenvalue weighted by atomic mass is 10.0. The standard InChI is InChI=1S/C17H19N5O4/c1-26-17(23)12-10-14(22(24)25)16(19-11-12)20-13-5-8-21(9-6-13)15-4-2-3-7-18-15/h2-4,7,10-11,13H,5-6,8-9H2,1H3,(H,19,20). The lowest BCUT2D eigenvalue weighted by molar-refractivity contribution is -0.384. The lowest BCUT2D eigenvalue weighted by Crippen LogP contribution is -2.39. The number of pyridine rings is 2. The van der Waals surface area contributed by atoms with Crippen LogP contribution in [0.15, 0.2) is 36.7 Å². The molecule has 2 aromatic heterocycles. The summed E-state index contributed by atoms with van der Waals surface area (Å²) in [5, 5.41) is 14.5. The van der Waals surface area contributed by atoms with E-state index in [9.17, 15) is 14.9 Å². The number of hydrogen-bond donors (Lipinski definition) is 1. The summed E-state index contributed by atoms with van der Waals surface area (Å²) in [6, 6.07) is 7.03. The van der Waals surface area contributed by atoms with Crippen LogP contribution in [0.25, 0.3) is 0 Å². The number of anilines is 2. The van der Waals surface area contributed by atoms with Crippen molar-refractivity contribution in [3.8, 4) is 0 Å². The topological polar surface area (TPSA) is 110 Å². The van der Waals surface area contributed by atoms with E-state index in [4.69, 9.17) is 0 Å². The average Bonchev–Trinajstić information content (AvgIpc) is 2.68. The lowest BCUT2D eigenvalue weighted by Gasteiger charge is -2.33. The number of aromatic nitrogens is 2. The van der Waals surface area contributed by atoms with Crippen LogP contribution in [0.3, 0.4) is 0 Å². The van der Waals surface area contributed by atoms with E-state index >= 15 is 0 Å². The maximum atomic E-state index is 11.5. The normalized spacial score (nSPS) is 14.7. The molecule has 9 heteroatoms. The highest BCUT2D eigenvalue weighted by atomic mass is 16.6. The molecule has 1 aliphatic rings. The van der Waals surface area contributed by atoms with Crippen LogP contribution in [0.1, 0.15) is 23.2 Å². The summed E-state index contributed by atoms with van der Waals surface area (Å²) in [6.45, 7) is 1.59. The van der Waals surface area contributed by atoms with Gasteiger partial charge in [-0.2, -0.15) is 0 Å². The first-order valence-electron chi connectivity index (χ1n) is 8.23. The monoisotopic (exact) mass is 357 g/mol. The highest BCUT2D eigenvalue weighted by Gasteiger charge is 2.25. The first-order chi connectivity index (χ1) is 12.6. The molecule has 3 rings (SSSR count). The Morgan fingerprint density at radius 2 is 2.12 bits per heavy atom. The first kappa shape index (κ1) is 17.6. The van der Waals surface area contributed by atoms with Gasteiger partial charge < -0.3 is 15.0 Å². The van der Waals surface area contributed by atoms with Gasteiger partial charge in [0, 0.05) is 37.6 Å². The van der Waals surface area contributed by atoms with Crippen LogP contribution < -0.4 is 10.2 Å². The number of ether oxygens (including phenoxy) is 1. The van der Waals surface area contributed by atoms with Crippen molar-refractivity contribution in [3.63, 3.8) is 0 Å². The number of hydrogen-bond acceptors (Lipinski definition) is 8. The van der Waals surface area contributed by atoms with Gasteiger partial charge in [-0.1, -0.05) is 6.07 Å². The van der Waals surface area contributed by atoms with E-state index in [2.05, 4.69) is 24.9 Å². The van der Waals surface area contributed by atoms with Crippen molar-refractivity contribution in [1.29, 1.82) is 0 Å². The third-order valence-electron chi connectivity index (χ3n) is 4.29. The molecule has 0 radical (unpaired) electrons. The minimum absolute atomic E-state index is 0.0507. The van der Waals surface area contributed by atoms with Crippen molar-refractivity contribution in [2.24, 2.45) is 0 Å². The Kier molecular flexibility index (Phi) is 5.26. The van der Waals surface area contributed by atoms with Gasteiger partial charge in [0.2, 0.25) is 5.82 Å². The zero-order valence-electron chi connectivity index (χ0n) is 14.3. The maximum absolute atomic E-state index is 11.5. The highest BCUT2D eigenvalue weighted by molar-refractivity contribution is 5.90. The second-order valence-electron chi connectivity index (χ2n) is 5.93. The predicted molar refractivity (Wildman–Crippen MR) is 95.3 cm³/mol. The van der Waals surface area contributed by atoms with Gasteiger partial charge in [0.15, 0.2) is 0 Å². The Labute approximate surface area is 150 Å². The smallest absolute Gasteiger partial charge is 0.339 e. The molecule has 136 valence electrons. The number of esters is 1. The first-order valence-corrected chi connectivity index (χ1v) is 8.23. The molecule has 3 heterocycles. The third kappa shape index (κ3) is 3.88. The van der Waals surface area contributed by atoms with Gasteiger partial charge in [0.05, 0.1) is 17.6 Å². The van der Waals surface area contributed by atoms with Crippen LogP contribution in [0, 0.1) is 10.1 Å². The predicted octanol–water partition coefficient (Wildman–Crippen LogP) is 2.25.